The van der Waals surface area contributed by atoms with E-state index in [2.05, 4.69) is 27.0 Å². The highest BCUT2D eigenvalue weighted by atomic mass is 16.1. The lowest BCUT2D eigenvalue weighted by Crippen LogP contribution is -2.14. The molecule has 6 heteroatoms. The molecule has 0 bridgehead atoms. The van der Waals surface area contributed by atoms with Crippen molar-refractivity contribution in [2.45, 2.75) is 31.6 Å². The van der Waals surface area contributed by atoms with E-state index in [1.165, 1.54) is 0 Å². The van der Waals surface area contributed by atoms with Crippen molar-refractivity contribution in [2.75, 3.05) is 5.32 Å². The monoisotopic (exact) mass is 272 g/mol. The van der Waals surface area contributed by atoms with Crippen molar-refractivity contribution in [1.29, 1.82) is 0 Å². The van der Waals surface area contributed by atoms with Crippen LogP contribution in [0, 0.1) is 6.42 Å². The Morgan fingerprint density at radius 3 is 3.20 bits per heavy atom. The number of rotatable bonds is 4. The summed E-state index contributed by atoms with van der Waals surface area (Å²) in [6.07, 6.45) is 9.55. The molecule has 1 aliphatic rings. The highest BCUT2D eigenvalue weighted by Gasteiger charge is 2.19. The van der Waals surface area contributed by atoms with Gasteiger partial charge in [0.2, 0.25) is 5.91 Å². The molecule has 2 N–H and O–H groups in total. The van der Waals surface area contributed by atoms with E-state index >= 15 is 0 Å². The van der Waals surface area contributed by atoms with Gasteiger partial charge < -0.3 is 5.32 Å². The van der Waals surface area contributed by atoms with Crippen molar-refractivity contribution in [3.8, 4) is 0 Å². The molecule has 1 saturated carbocycles. The molecule has 20 heavy (non-hydrogen) atoms. The van der Waals surface area contributed by atoms with Crippen LogP contribution >= 0.6 is 0 Å². The standard InChI is InChI=1S/C14H18N5O/c1-19-9-10(8-15-19)6-14(20)16-13-7-12(17-18-13)11-4-2-3-5-11/h2,7-9,11H,3-6H2,1H3,(H2,16,17,18,20)/t11-/m0/s1. The molecule has 0 aliphatic heterocycles. The Labute approximate surface area is 117 Å². The normalized spacial score (nSPS) is 15.7. The molecule has 1 atom stereocenters. The average molecular weight is 272 g/mol. The van der Waals surface area contributed by atoms with E-state index in [0.29, 0.717) is 18.2 Å². The van der Waals surface area contributed by atoms with Crippen LogP contribution in [0.1, 0.15) is 36.4 Å². The Hall–Kier alpha value is -2.11. The minimum atomic E-state index is -0.0750. The summed E-state index contributed by atoms with van der Waals surface area (Å²) in [4.78, 5) is 11.9. The van der Waals surface area contributed by atoms with Crippen molar-refractivity contribution in [3.05, 3.63) is 36.1 Å². The number of carbonyl (C=O) groups is 1. The summed E-state index contributed by atoms with van der Waals surface area (Å²) >= 11 is 0. The largest absolute Gasteiger partial charge is 0.309 e. The van der Waals surface area contributed by atoms with E-state index in [9.17, 15) is 4.79 Å². The number of hydrogen-bond donors (Lipinski definition) is 2. The third-order valence-corrected chi connectivity index (χ3v) is 3.60. The Morgan fingerprint density at radius 1 is 1.60 bits per heavy atom. The van der Waals surface area contributed by atoms with Gasteiger partial charge in [-0.15, -0.1) is 0 Å². The van der Waals surface area contributed by atoms with Gasteiger partial charge in [0.15, 0.2) is 5.82 Å². The SMILES string of the molecule is Cn1cc(CC(=O)Nc2cc([C@H]3C[CH]CC3)[nH]n2)cn1. The molecule has 0 saturated heterocycles. The topological polar surface area (TPSA) is 75.6 Å². The van der Waals surface area contributed by atoms with E-state index in [1.807, 2.05) is 19.3 Å². The number of carbonyl (C=O) groups excluding carboxylic acids is 1. The lowest BCUT2D eigenvalue weighted by Gasteiger charge is -2.03. The third-order valence-electron chi connectivity index (χ3n) is 3.60. The van der Waals surface area contributed by atoms with Gasteiger partial charge in [-0.2, -0.15) is 10.2 Å². The van der Waals surface area contributed by atoms with Gasteiger partial charge in [0.1, 0.15) is 0 Å². The highest BCUT2D eigenvalue weighted by molar-refractivity contribution is 5.91. The predicted octanol–water partition coefficient (Wildman–Crippen LogP) is 1.80. The fourth-order valence-electron chi connectivity index (χ4n) is 2.58. The molecule has 0 aromatic carbocycles. The summed E-state index contributed by atoms with van der Waals surface area (Å²) < 4.78 is 1.69. The van der Waals surface area contributed by atoms with Gasteiger partial charge in [-0.25, -0.2) is 0 Å². The quantitative estimate of drug-likeness (QED) is 0.891. The number of nitrogens with zero attached hydrogens (tertiary/aromatic N) is 3. The Kier molecular flexibility index (Phi) is 3.54. The second-order valence-corrected chi connectivity index (χ2v) is 5.25. The summed E-state index contributed by atoms with van der Waals surface area (Å²) in [5.41, 5.74) is 2.00. The second kappa shape index (κ2) is 5.48. The zero-order valence-corrected chi connectivity index (χ0v) is 11.5. The first-order valence-electron chi connectivity index (χ1n) is 6.85. The van der Waals surface area contributed by atoms with Gasteiger partial charge in [0.25, 0.3) is 0 Å². The smallest absolute Gasteiger partial charge is 0.230 e. The van der Waals surface area contributed by atoms with E-state index in [4.69, 9.17) is 0 Å². The number of aromatic amines is 1. The van der Waals surface area contributed by atoms with Gasteiger partial charge >= 0.3 is 0 Å². The number of anilines is 1. The van der Waals surface area contributed by atoms with Gasteiger partial charge in [-0.3, -0.25) is 14.6 Å². The molecular formula is C14H18N5O. The maximum Gasteiger partial charge on any atom is 0.230 e. The van der Waals surface area contributed by atoms with E-state index < -0.39 is 0 Å². The van der Waals surface area contributed by atoms with Gasteiger partial charge in [0.05, 0.1) is 12.6 Å². The number of hydrogen-bond acceptors (Lipinski definition) is 3. The number of amides is 1. The van der Waals surface area contributed by atoms with Crippen LogP contribution in [0.4, 0.5) is 5.82 Å². The van der Waals surface area contributed by atoms with Crippen LogP contribution in [-0.2, 0) is 18.3 Å². The van der Waals surface area contributed by atoms with E-state index in [1.54, 1.807) is 10.9 Å². The summed E-state index contributed by atoms with van der Waals surface area (Å²) in [5.74, 6) is 1.04. The first kappa shape index (κ1) is 12.9. The molecule has 1 amide bonds. The molecule has 0 spiro atoms. The lowest BCUT2D eigenvalue weighted by atomic mass is 10.0. The highest BCUT2D eigenvalue weighted by Crippen LogP contribution is 2.32. The van der Waals surface area contributed by atoms with Crippen LogP contribution in [0.3, 0.4) is 0 Å². The van der Waals surface area contributed by atoms with Crippen LogP contribution in [-0.4, -0.2) is 25.9 Å². The first-order chi connectivity index (χ1) is 9.70. The molecule has 105 valence electrons. The fraction of sp³-hybridized carbons (Fsp3) is 0.429. The average Bonchev–Trinajstić information content (AvgIpc) is 3.10. The number of nitrogens with one attached hydrogen (secondary N) is 2. The van der Waals surface area contributed by atoms with Crippen LogP contribution in [0.5, 0.6) is 0 Å². The summed E-state index contributed by atoms with van der Waals surface area (Å²) in [7, 11) is 1.83. The summed E-state index contributed by atoms with van der Waals surface area (Å²) in [5, 5.41) is 14.0. The van der Waals surface area contributed by atoms with E-state index in [0.717, 1.165) is 30.5 Å². The molecule has 2 heterocycles. The Bertz CT molecular complexity index is 594. The van der Waals surface area contributed by atoms with Crippen LogP contribution in [0.15, 0.2) is 18.5 Å². The van der Waals surface area contributed by atoms with Crippen molar-refractivity contribution in [2.24, 2.45) is 7.05 Å². The predicted molar refractivity (Wildman–Crippen MR) is 75.0 cm³/mol. The third kappa shape index (κ3) is 2.89. The summed E-state index contributed by atoms with van der Waals surface area (Å²) in [6.45, 7) is 0. The zero-order valence-electron chi connectivity index (χ0n) is 11.5. The van der Waals surface area contributed by atoms with E-state index in [-0.39, 0.29) is 5.91 Å². The lowest BCUT2D eigenvalue weighted by molar-refractivity contribution is -0.115. The molecule has 0 unspecified atom stereocenters. The molecule has 3 rings (SSSR count). The van der Waals surface area contributed by atoms with Crippen molar-refractivity contribution >= 4 is 11.7 Å². The number of aromatic nitrogens is 4. The number of H-pyrrole nitrogens is 1. The maximum atomic E-state index is 11.9. The number of aryl methyl sites for hydroxylation is 1. The van der Waals surface area contributed by atoms with Crippen molar-refractivity contribution in [3.63, 3.8) is 0 Å². The minimum absolute atomic E-state index is 0.0750. The van der Waals surface area contributed by atoms with Crippen molar-refractivity contribution in [1.82, 2.24) is 20.0 Å². The molecule has 2 aromatic heterocycles. The fourth-order valence-corrected chi connectivity index (χ4v) is 2.58. The molecule has 1 radical (unpaired) electrons. The maximum absolute atomic E-state index is 11.9. The molecule has 6 nitrogen and oxygen atoms in total. The van der Waals surface area contributed by atoms with Crippen LogP contribution < -0.4 is 5.32 Å². The van der Waals surface area contributed by atoms with Gasteiger partial charge in [0, 0.05) is 30.9 Å². The molecular weight excluding hydrogens is 254 g/mol. The van der Waals surface area contributed by atoms with Gasteiger partial charge in [-0.05, 0) is 31.2 Å². The van der Waals surface area contributed by atoms with Crippen LogP contribution in [0.2, 0.25) is 0 Å². The van der Waals surface area contributed by atoms with Crippen LogP contribution in [0.25, 0.3) is 0 Å². The first-order valence-corrected chi connectivity index (χ1v) is 6.85. The zero-order chi connectivity index (χ0) is 13.9. The molecule has 2 aromatic rings. The Morgan fingerprint density at radius 2 is 2.50 bits per heavy atom. The second-order valence-electron chi connectivity index (χ2n) is 5.25. The summed E-state index contributed by atoms with van der Waals surface area (Å²) in [6, 6.07) is 1.94. The Balaban J connectivity index is 1.58. The minimum Gasteiger partial charge on any atom is -0.309 e. The molecule has 1 fully saturated rings. The van der Waals surface area contributed by atoms with Crippen molar-refractivity contribution < 1.29 is 4.79 Å². The van der Waals surface area contributed by atoms with Gasteiger partial charge in [-0.1, -0.05) is 0 Å². The molecule has 1 aliphatic carbocycles.